The number of nitrogens with zero attached hydrogens (tertiary/aromatic N) is 3. The lowest BCUT2D eigenvalue weighted by Gasteiger charge is -2.29. The predicted octanol–water partition coefficient (Wildman–Crippen LogP) is 5.50. The summed E-state index contributed by atoms with van der Waals surface area (Å²) in [6, 6.07) is 29.9. The Morgan fingerprint density at radius 1 is 0.875 bits per heavy atom. The number of carbonyl (C=O) groups is 1. The van der Waals surface area contributed by atoms with Crippen molar-refractivity contribution < 1.29 is 9.32 Å². The summed E-state index contributed by atoms with van der Waals surface area (Å²) in [7, 11) is 0. The minimum atomic E-state index is -0.0454. The second-order valence-electron chi connectivity index (χ2n) is 7.79. The topological polar surface area (TPSA) is 59.2 Å². The van der Waals surface area contributed by atoms with Crippen LogP contribution in [0.15, 0.2) is 95.5 Å². The number of rotatable bonds is 9. The molecular formula is C27H27N3O2. The molecule has 0 saturated carbocycles. The largest absolute Gasteiger partial charge is 0.339 e. The van der Waals surface area contributed by atoms with Crippen LogP contribution in [0.4, 0.5) is 0 Å². The molecule has 0 aliphatic carbocycles. The van der Waals surface area contributed by atoms with Crippen molar-refractivity contribution in [3.63, 3.8) is 0 Å². The summed E-state index contributed by atoms with van der Waals surface area (Å²) in [5.74, 6) is 1.22. The maximum absolute atomic E-state index is 13.2. The molecule has 0 bridgehead atoms. The van der Waals surface area contributed by atoms with E-state index in [-0.39, 0.29) is 11.9 Å². The summed E-state index contributed by atoms with van der Waals surface area (Å²) in [5.41, 5.74) is 3.18. The number of carbonyl (C=O) groups excluding carboxylic acids is 1. The fourth-order valence-corrected chi connectivity index (χ4v) is 3.76. The van der Waals surface area contributed by atoms with Crippen molar-refractivity contribution in [1.82, 2.24) is 15.0 Å². The lowest BCUT2D eigenvalue weighted by molar-refractivity contribution is -0.133. The van der Waals surface area contributed by atoms with Crippen LogP contribution in [0.5, 0.6) is 0 Å². The summed E-state index contributed by atoms with van der Waals surface area (Å²) >= 11 is 0. The number of benzene rings is 3. The van der Waals surface area contributed by atoms with Crippen LogP contribution in [0, 0.1) is 0 Å². The lowest BCUT2D eigenvalue weighted by atomic mass is 10.0. The van der Waals surface area contributed by atoms with E-state index in [0.717, 1.165) is 23.1 Å². The van der Waals surface area contributed by atoms with E-state index >= 15 is 0 Å². The van der Waals surface area contributed by atoms with Crippen LogP contribution in [0.3, 0.4) is 0 Å². The average molecular weight is 426 g/mol. The Balaban J connectivity index is 1.46. The van der Waals surface area contributed by atoms with E-state index in [1.807, 2.05) is 71.6 Å². The smallest absolute Gasteiger partial charge is 0.228 e. The number of aryl methyl sites for hydroxylation is 1. The van der Waals surface area contributed by atoms with Crippen molar-refractivity contribution in [3.8, 4) is 11.4 Å². The van der Waals surface area contributed by atoms with Gasteiger partial charge in [-0.2, -0.15) is 4.98 Å². The molecule has 0 N–H and O–H groups in total. The second-order valence-corrected chi connectivity index (χ2v) is 7.79. The molecule has 1 amide bonds. The average Bonchev–Trinajstić information content (AvgIpc) is 3.33. The molecule has 0 aliphatic rings. The van der Waals surface area contributed by atoms with Gasteiger partial charge in [0.1, 0.15) is 0 Å². The summed E-state index contributed by atoms with van der Waals surface area (Å²) in [5, 5.41) is 4.10. The molecule has 0 unspecified atom stereocenters. The maximum Gasteiger partial charge on any atom is 0.228 e. The number of hydrogen-bond donors (Lipinski definition) is 0. The van der Waals surface area contributed by atoms with Crippen molar-refractivity contribution >= 4 is 5.91 Å². The Hall–Kier alpha value is -3.73. The zero-order valence-corrected chi connectivity index (χ0v) is 18.2. The zero-order chi connectivity index (χ0) is 22.2. The van der Waals surface area contributed by atoms with Crippen molar-refractivity contribution in [2.75, 3.05) is 6.54 Å². The molecule has 162 valence electrons. The van der Waals surface area contributed by atoms with E-state index < -0.39 is 0 Å². The highest BCUT2D eigenvalue weighted by Gasteiger charge is 2.22. The van der Waals surface area contributed by atoms with Gasteiger partial charge in [-0.05, 0) is 24.5 Å². The van der Waals surface area contributed by atoms with E-state index in [9.17, 15) is 4.79 Å². The van der Waals surface area contributed by atoms with E-state index in [2.05, 4.69) is 41.3 Å². The van der Waals surface area contributed by atoms with Crippen LogP contribution in [0.1, 0.15) is 36.4 Å². The third-order valence-electron chi connectivity index (χ3n) is 5.61. The molecule has 3 aromatic carbocycles. The normalized spacial score (nSPS) is 11.8. The Labute approximate surface area is 188 Å². The highest BCUT2D eigenvalue weighted by Crippen LogP contribution is 2.22. The lowest BCUT2D eigenvalue weighted by Crippen LogP contribution is -2.35. The standard InChI is InChI=1S/C27H27N3O2/c1-21(23-13-7-3-8-14-23)30(26(31)18-17-22-11-5-2-6-12-22)20-19-25-28-27(29-32-25)24-15-9-4-10-16-24/h2-16,21H,17-20H2,1H3/t21-/m0/s1. The van der Waals surface area contributed by atoms with Gasteiger partial charge in [0.2, 0.25) is 17.6 Å². The van der Waals surface area contributed by atoms with Crippen molar-refractivity contribution in [3.05, 3.63) is 108 Å². The highest BCUT2D eigenvalue weighted by atomic mass is 16.5. The fourth-order valence-electron chi connectivity index (χ4n) is 3.76. The number of aromatic nitrogens is 2. The van der Waals surface area contributed by atoms with E-state index in [4.69, 9.17) is 4.52 Å². The van der Waals surface area contributed by atoms with Gasteiger partial charge in [0.15, 0.2) is 0 Å². The van der Waals surface area contributed by atoms with E-state index in [1.165, 1.54) is 0 Å². The molecule has 0 saturated heterocycles. The summed E-state index contributed by atoms with van der Waals surface area (Å²) < 4.78 is 5.46. The quantitative estimate of drug-likeness (QED) is 0.355. The SMILES string of the molecule is C[C@@H](c1ccccc1)N(CCc1nc(-c2ccccc2)no1)C(=O)CCc1ccccc1. The van der Waals surface area contributed by atoms with Gasteiger partial charge < -0.3 is 9.42 Å². The predicted molar refractivity (Wildman–Crippen MR) is 125 cm³/mol. The van der Waals surface area contributed by atoms with E-state index in [1.54, 1.807) is 0 Å². The Morgan fingerprint density at radius 3 is 2.19 bits per heavy atom. The first-order valence-electron chi connectivity index (χ1n) is 11.0. The van der Waals surface area contributed by atoms with E-state index in [0.29, 0.717) is 31.1 Å². The van der Waals surface area contributed by atoms with Crippen LogP contribution in [0.2, 0.25) is 0 Å². The zero-order valence-electron chi connectivity index (χ0n) is 18.2. The Morgan fingerprint density at radius 2 is 1.50 bits per heavy atom. The Bertz CT molecular complexity index is 1110. The van der Waals surface area contributed by atoms with Crippen molar-refractivity contribution in [1.29, 1.82) is 0 Å². The highest BCUT2D eigenvalue weighted by molar-refractivity contribution is 5.77. The van der Waals surface area contributed by atoms with Gasteiger partial charge in [0, 0.05) is 24.9 Å². The van der Waals surface area contributed by atoms with Crippen molar-refractivity contribution in [2.45, 2.75) is 32.2 Å². The molecule has 4 aromatic rings. The molecule has 1 atom stereocenters. The van der Waals surface area contributed by atoms with Gasteiger partial charge in [-0.1, -0.05) is 96.2 Å². The molecule has 0 radical (unpaired) electrons. The third kappa shape index (κ3) is 5.49. The van der Waals surface area contributed by atoms with Gasteiger partial charge in [-0.3, -0.25) is 4.79 Å². The molecule has 0 spiro atoms. The maximum atomic E-state index is 13.2. The van der Waals surface area contributed by atoms with Gasteiger partial charge in [-0.25, -0.2) is 0 Å². The minimum absolute atomic E-state index is 0.0454. The minimum Gasteiger partial charge on any atom is -0.339 e. The van der Waals surface area contributed by atoms with Crippen LogP contribution < -0.4 is 0 Å². The van der Waals surface area contributed by atoms with Crippen LogP contribution in [-0.4, -0.2) is 27.5 Å². The van der Waals surface area contributed by atoms with Crippen LogP contribution in [0.25, 0.3) is 11.4 Å². The van der Waals surface area contributed by atoms with Gasteiger partial charge in [0.25, 0.3) is 0 Å². The van der Waals surface area contributed by atoms with Crippen LogP contribution in [-0.2, 0) is 17.6 Å². The molecule has 4 rings (SSSR count). The molecule has 32 heavy (non-hydrogen) atoms. The first kappa shape index (κ1) is 21.5. The fraction of sp³-hybridized carbons (Fsp3) is 0.222. The van der Waals surface area contributed by atoms with Gasteiger partial charge in [-0.15, -0.1) is 0 Å². The molecule has 0 fully saturated rings. The molecule has 5 nitrogen and oxygen atoms in total. The first-order chi connectivity index (χ1) is 15.7. The molecule has 1 aromatic heterocycles. The molecular weight excluding hydrogens is 398 g/mol. The van der Waals surface area contributed by atoms with Gasteiger partial charge >= 0.3 is 0 Å². The van der Waals surface area contributed by atoms with Crippen LogP contribution >= 0.6 is 0 Å². The summed E-state index contributed by atoms with van der Waals surface area (Å²) in [4.78, 5) is 19.7. The van der Waals surface area contributed by atoms with Crippen molar-refractivity contribution in [2.24, 2.45) is 0 Å². The Kier molecular flexibility index (Phi) is 7.08. The third-order valence-corrected chi connectivity index (χ3v) is 5.61. The first-order valence-corrected chi connectivity index (χ1v) is 11.0. The molecule has 1 heterocycles. The number of hydrogen-bond acceptors (Lipinski definition) is 4. The molecule has 5 heteroatoms. The van der Waals surface area contributed by atoms with Gasteiger partial charge in [0.05, 0.1) is 6.04 Å². The summed E-state index contributed by atoms with van der Waals surface area (Å²) in [6.45, 7) is 2.58. The number of amides is 1. The molecule has 0 aliphatic heterocycles. The summed E-state index contributed by atoms with van der Waals surface area (Å²) in [6.07, 6.45) is 1.69. The second kappa shape index (κ2) is 10.5. The monoisotopic (exact) mass is 425 g/mol.